The molecule has 0 aliphatic carbocycles. The summed E-state index contributed by atoms with van der Waals surface area (Å²) in [6.45, 7) is 5.60. The van der Waals surface area contributed by atoms with Gasteiger partial charge < -0.3 is 9.88 Å². The average molecular weight is 351 g/mol. The molecule has 0 unspecified atom stereocenters. The number of hydrogen-bond donors (Lipinski definition) is 2. The third-order valence-corrected chi connectivity index (χ3v) is 5.44. The standard InChI is InChI=1S/C20H25N5O/c1-13-16(14(2)24-23-13)9-10-19(26)25-11-5-6-15(12-25)20-21-17-7-3-4-8-18(17)22-20/h3-4,7-8,15H,5-6,9-12H2,1-2H3,(H,21,22)(H,23,24)/t15-/m0/s1. The number of carbonyl (C=O) groups excluding carboxylic acids is 1. The third kappa shape index (κ3) is 3.23. The van der Waals surface area contributed by atoms with Crippen molar-refractivity contribution in [1.82, 2.24) is 25.1 Å². The Bertz CT molecular complexity index is 873. The highest BCUT2D eigenvalue weighted by molar-refractivity contribution is 5.77. The number of likely N-dealkylation sites (tertiary alicyclic amines) is 1. The molecule has 2 aromatic heterocycles. The van der Waals surface area contributed by atoms with Crippen molar-refractivity contribution in [3.63, 3.8) is 0 Å². The number of para-hydroxylation sites is 2. The number of benzene rings is 1. The zero-order valence-corrected chi connectivity index (χ0v) is 15.4. The highest BCUT2D eigenvalue weighted by atomic mass is 16.2. The Morgan fingerprint density at radius 1 is 1.31 bits per heavy atom. The van der Waals surface area contributed by atoms with Crippen LogP contribution in [-0.4, -0.2) is 44.1 Å². The van der Waals surface area contributed by atoms with Crippen molar-refractivity contribution < 1.29 is 4.79 Å². The number of amides is 1. The maximum atomic E-state index is 12.7. The third-order valence-electron chi connectivity index (χ3n) is 5.44. The number of aryl methyl sites for hydroxylation is 2. The molecule has 1 aromatic carbocycles. The van der Waals surface area contributed by atoms with E-state index >= 15 is 0 Å². The van der Waals surface area contributed by atoms with Crippen LogP contribution >= 0.6 is 0 Å². The first-order chi connectivity index (χ1) is 12.6. The number of fused-ring (bicyclic) bond motifs is 1. The Hall–Kier alpha value is -2.63. The van der Waals surface area contributed by atoms with Gasteiger partial charge in [0.2, 0.25) is 5.91 Å². The summed E-state index contributed by atoms with van der Waals surface area (Å²) in [7, 11) is 0. The smallest absolute Gasteiger partial charge is 0.222 e. The van der Waals surface area contributed by atoms with E-state index in [9.17, 15) is 4.79 Å². The van der Waals surface area contributed by atoms with Crippen molar-refractivity contribution in [3.05, 3.63) is 47.0 Å². The topological polar surface area (TPSA) is 77.7 Å². The van der Waals surface area contributed by atoms with Crippen LogP contribution in [0.25, 0.3) is 11.0 Å². The average Bonchev–Trinajstić information content (AvgIpc) is 3.23. The minimum Gasteiger partial charge on any atom is -0.342 e. The maximum absolute atomic E-state index is 12.7. The lowest BCUT2D eigenvalue weighted by molar-refractivity contribution is -0.132. The van der Waals surface area contributed by atoms with Crippen LogP contribution in [0.15, 0.2) is 24.3 Å². The Morgan fingerprint density at radius 2 is 2.15 bits per heavy atom. The first-order valence-corrected chi connectivity index (χ1v) is 9.34. The molecule has 1 saturated heterocycles. The van der Waals surface area contributed by atoms with Gasteiger partial charge in [0.1, 0.15) is 5.82 Å². The van der Waals surface area contributed by atoms with E-state index in [-0.39, 0.29) is 11.8 Å². The SMILES string of the molecule is Cc1n[nH]c(C)c1CCC(=O)N1CCC[C@H](c2nc3ccccc3[nH]2)C1. The van der Waals surface area contributed by atoms with Gasteiger partial charge in [-0.1, -0.05) is 12.1 Å². The van der Waals surface area contributed by atoms with Crippen molar-refractivity contribution >= 4 is 16.9 Å². The maximum Gasteiger partial charge on any atom is 0.222 e. The molecule has 26 heavy (non-hydrogen) atoms. The number of carbonyl (C=O) groups is 1. The molecule has 136 valence electrons. The van der Waals surface area contributed by atoms with Crippen LogP contribution in [0.2, 0.25) is 0 Å². The molecule has 0 bridgehead atoms. The molecule has 6 nitrogen and oxygen atoms in total. The Kier molecular flexibility index (Phi) is 4.49. The number of rotatable bonds is 4. The number of hydrogen-bond acceptors (Lipinski definition) is 3. The van der Waals surface area contributed by atoms with E-state index in [1.54, 1.807) is 0 Å². The molecule has 1 aliphatic rings. The van der Waals surface area contributed by atoms with Crippen molar-refractivity contribution in [1.29, 1.82) is 0 Å². The first kappa shape index (κ1) is 16.8. The van der Waals surface area contributed by atoms with E-state index < -0.39 is 0 Å². The molecule has 0 spiro atoms. The van der Waals surface area contributed by atoms with Crippen LogP contribution < -0.4 is 0 Å². The fourth-order valence-corrected chi connectivity index (χ4v) is 3.93. The van der Waals surface area contributed by atoms with Crippen LogP contribution in [0.5, 0.6) is 0 Å². The van der Waals surface area contributed by atoms with Crippen LogP contribution in [0.4, 0.5) is 0 Å². The summed E-state index contributed by atoms with van der Waals surface area (Å²) < 4.78 is 0. The minimum atomic E-state index is 0.228. The van der Waals surface area contributed by atoms with E-state index in [1.807, 2.05) is 43.0 Å². The number of aromatic amines is 2. The van der Waals surface area contributed by atoms with E-state index in [0.717, 1.165) is 60.6 Å². The second-order valence-electron chi connectivity index (χ2n) is 7.23. The summed E-state index contributed by atoms with van der Waals surface area (Å²) in [5.74, 6) is 1.52. The second-order valence-corrected chi connectivity index (χ2v) is 7.23. The van der Waals surface area contributed by atoms with Crippen molar-refractivity contribution in [2.45, 2.75) is 45.4 Å². The van der Waals surface area contributed by atoms with E-state index in [0.29, 0.717) is 6.42 Å². The Morgan fingerprint density at radius 3 is 2.92 bits per heavy atom. The predicted molar refractivity (Wildman–Crippen MR) is 101 cm³/mol. The second kappa shape index (κ2) is 6.94. The summed E-state index contributed by atoms with van der Waals surface area (Å²) in [6, 6.07) is 8.09. The zero-order valence-electron chi connectivity index (χ0n) is 15.4. The summed E-state index contributed by atoms with van der Waals surface area (Å²) >= 11 is 0. The van der Waals surface area contributed by atoms with Crippen LogP contribution in [-0.2, 0) is 11.2 Å². The Labute approximate surface area is 153 Å². The lowest BCUT2D eigenvalue weighted by atomic mass is 9.96. The Balaban J connectivity index is 1.42. The highest BCUT2D eigenvalue weighted by Gasteiger charge is 2.26. The molecular weight excluding hydrogens is 326 g/mol. The van der Waals surface area contributed by atoms with Crippen LogP contribution in [0.1, 0.15) is 48.0 Å². The first-order valence-electron chi connectivity index (χ1n) is 9.34. The highest BCUT2D eigenvalue weighted by Crippen LogP contribution is 2.27. The molecule has 1 atom stereocenters. The number of nitrogens with one attached hydrogen (secondary N) is 2. The lowest BCUT2D eigenvalue weighted by Gasteiger charge is -2.32. The minimum absolute atomic E-state index is 0.228. The van der Waals surface area contributed by atoms with Crippen molar-refractivity contribution in [2.75, 3.05) is 13.1 Å². The molecule has 0 saturated carbocycles. The summed E-state index contributed by atoms with van der Waals surface area (Å²) in [6.07, 6.45) is 3.38. The predicted octanol–water partition coefficient (Wildman–Crippen LogP) is 3.24. The number of H-pyrrole nitrogens is 2. The van der Waals surface area contributed by atoms with Gasteiger partial charge in [0.15, 0.2) is 0 Å². The summed E-state index contributed by atoms with van der Waals surface area (Å²) in [4.78, 5) is 22.9. The monoisotopic (exact) mass is 351 g/mol. The molecular formula is C20H25N5O. The molecule has 6 heteroatoms. The molecule has 1 amide bonds. The molecule has 4 rings (SSSR count). The fraction of sp³-hybridized carbons (Fsp3) is 0.450. The zero-order chi connectivity index (χ0) is 18.1. The van der Waals surface area contributed by atoms with Gasteiger partial charge in [-0.15, -0.1) is 0 Å². The van der Waals surface area contributed by atoms with E-state index in [2.05, 4.69) is 15.2 Å². The quantitative estimate of drug-likeness (QED) is 0.757. The molecule has 3 heterocycles. The number of aromatic nitrogens is 4. The van der Waals surface area contributed by atoms with Gasteiger partial charge in [0.25, 0.3) is 0 Å². The largest absolute Gasteiger partial charge is 0.342 e. The van der Waals surface area contributed by atoms with E-state index in [4.69, 9.17) is 4.98 Å². The number of imidazole rings is 1. The fourth-order valence-electron chi connectivity index (χ4n) is 3.93. The summed E-state index contributed by atoms with van der Waals surface area (Å²) in [5.41, 5.74) is 5.29. The van der Waals surface area contributed by atoms with Crippen molar-refractivity contribution in [2.24, 2.45) is 0 Å². The van der Waals surface area contributed by atoms with Gasteiger partial charge in [0, 0.05) is 31.1 Å². The van der Waals surface area contributed by atoms with Gasteiger partial charge in [-0.25, -0.2) is 4.98 Å². The molecule has 0 radical (unpaired) electrons. The van der Waals surface area contributed by atoms with Gasteiger partial charge >= 0.3 is 0 Å². The molecule has 2 N–H and O–H groups in total. The molecule has 1 fully saturated rings. The molecule has 3 aromatic rings. The van der Waals surface area contributed by atoms with E-state index in [1.165, 1.54) is 5.56 Å². The lowest BCUT2D eigenvalue weighted by Crippen LogP contribution is -2.39. The van der Waals surface area contributed by atoms with Crippen LogP contribution in [0, 0.1) is 13.8 Å². The van der Waals surface area contributed by atoms with Gasteiger partial charge in [0.05, 0.1) is 16.7 Å². The number of piperidine rings is 1. The van der Waals surface area contributed by atoms with Gasteiger partial charge in [-0.3, -0.25) is 9.89 Å². The van der Waals surface area contributed by atoms with Crippen molar-refractivity contribution in [3.8, 4) is 0 Å². The molecule has 1 aliphatic heterocycles. The summed E-state index contributed by atoms with van der Waals surface area (Å²) in [5, 5.41) is 7.21. The van der Waals surface area contributed by atoms with Gasteiger partial charge in [-0.05, 0) is 50.8 Å². The normalized spacial score (nSPS) is 17.8. The van der Waals surface area contributed by atoms with Gasteiger partial charge in [-0.2, -0.15) is 5.10 Å². The number of nitrogens with zero attached hydrogens (tertiary/aromatic N) is 3. The van der Waals surface area contributed by atoms with Crippen LogP contribution in [0.3, 0.4) is 0 Å².